The number of carbonyl (C=O) groups excluding carboxylic acids is 1. The fourth-order valence-corrected chi connectivity index (χ4v) is 3.41. The predicted octanol–water partition coefficient (Wildman–Crippen LogP) is 3.24. The Morgan fingerprint density at radius 3 is 2.67 bits per heavy atom. The molecule has 94 valence electrons. The van der Waals surface area contributed by atoms with Gasteiger partial charge in [0.15, 0.2) is 0 Å². The molecule has 0 aromatic heterocycles. The van der Waals surface area contributed by atoms with E-state index in [0.29, 0.717) is 6.04 Å². The molecular weight excluding hydrogens is 222 g/mol. The summed E-state index contributed by atoms with van der Waals surface area (Å²) in [5.41, 5.74) is 1.86. The van der Waals surface area contributed by atoms with Gasteiger partial charge in [0.2, 0.25) is 0 Å². The maximum absolute atomic E-state index is 12.6. The number of benzene rings is 1. The zero-order valence-corrected chi connectivity index (χ0v) is 11.0. The number of carbonyl (C=O) groups is 1. The van der Waals surface area contributed by atoms with Gasteiger partial charge in [0.1, 0.15) is 0 Å². The van der Waals surface area contributed by atoms with Gasteiger partial charge >= 0.3 is 0 Å². The number of hydrogen-bond acceptors (Lipinski definition) is 1. The number of hydrogen-bond donors (Lipinski definition) is 0. The summed E-state index contributed by atoms with van der Waals surface area (Å²) in [6.07, 6.45) is 5.59. The summed E-state index contributed by atoms with van der Waals surface area (Å²) in [5, 5.41) is 0. The summed E-state index contributed by atoms with van der Waals surface area (Å²) < 4.78 is 0. The molecule has 1 fully saturated rings. The molecule has 18 heavy (non-hydrogen) atoms. The molecule has 1 amide bonds. The number of piperidine rings is 1. The molecule has 2 unspecified atom stereocenters. The highest BCUT2D eigenvalue weighted by Gasteiger charge is 2.45. The quantitative estimate of drug-likeness (QED) is 0.739. The molecule has 0 saturated carbocycles. The maximum Gasteiger partial charge on any atom is 0.255 e. The summed E-state index contributed by atoms with van der Waals surface area (Å²) >= 11 is 0. The van der Waals surface area contributed by atoms with Crippen LogP contribution in [0, 0.1) is 0 Å². The molecule has 2 atom stereocenters. The van der Waals surface area contributed by atoms with Crippen molar-refractivity contribution in [1.29, 1.82) is 0 Å². The van der Waals surface area contributed by atoms with Crippen molar-refractivity contribution < 1.29 is 4.79 Å². The van der Waals surface area contributed by atoms with Crippen LogP contribution in [-0.4, -0.2) is 22.4 Å². The smallest absolute Gasteiger partial charge is 0.255 e. The molecule has 2 aliphatic rings. The van der Waals surface area contributed by atoms with Gasteiger partial charge in [0.25, 0.3) is 5.91 Å². The minimum atomic E-state index is -0.0695. The van der Waals surface area contributed by atoms with E-state index in [4.69, 9.17) is 0 Å². The summed E-state index contributed by atoms with van der Waals surface area (Å²) in [6.45, 7) is 4.35. The number of rotatable bonds is 1. The highest BCUT2D eigenvalue weighted by atomic mass is 16.2. The van der Waals surface area contributed by atoms with Crippen LogP contribution >= 0.6 is 0 Å². The molecule has 0 aliphatic carbocycles. The van der Waals surface area contributed by atoms with E-state index in [9.17, 15) is 4.79 Å². The minimum Gasteiger partial charge on any atom is -0.327 e. The van der Waals surface area contributed by atoms with Crippen molar-refractivity contribution in [2.75, 3.05) is 0 Å². The number of fused-ring (bicyclic) bond motifs is 1. The summed E-state index contributed by atoms with van der Waals surface area (Å²) in [4.78, 5) is 14.7. The first-order valence-corrected chi connectivity index (χ1v) is 6.74. The zero-order chi connectivity index (χ0) is 12.8. The SMILES string of the molecule is CC1CCCC2(C)C=C(c3ccccc3)C(=O)N12. The van der Waals surface area contributed by atoms with E-state index in [2.05, 4.69) is 24.8 Å². The van der Waals surface area contributed by atoms with Gasteiger partial charge in [0, 0.05) is 11.6 Å². The third-order valence-electron chi connectivity index (χ3n) is 4.29. The van der Waals surface area contributed by atoms with Crippen molar-refractivity contribution >= 4 is 11.5 Å². The number of nitrogens with zero attached hydrogens (tertiary/aromatic N) is 1. The molecule has 1 saturated heterocycles. The Labute approximate surface area is 108 Å². The zero-order valence-electron chi connectivity index (χ0n) is 11.0. The topological polar surface area (TPSA) is 20.3 Å². The first kappa shape index (κ1) is 11.5. The van der Waals surface area contributed by atoms with Crippen LogP contribution in [0.5, 0.6) is 0 Å². The Bertz CT molecular complexity index is 505. The van der Waals surface area contributed by atoms with Crippen LogP contribution in [-0.2, 0) is 4.79 Å². The van der Waals surface area contributed by atoms with Gasteiger partial charge in [0.05, 0.1) is 5.54 Å². The molecule has 1 aromatic carbocycles. The second kappa shape index (κ2) is 3.98. The molecule has 2 heterocycles. The molecule has 0 radical (unpaired) electrons. The van der Waals surface area contributed by atoms with Gasteiger partial charge < -0.3 is 4.90 Å². The lowest BCUT2D eigenvalue weighted by Crippen LogP contribution is -2.52. The van der Waals surface area contributed by atoms with Gasteiger partial charge in [-0.2, -0.15) is 0 Å². The van der Waals surface area contributed by atoms with Crippen LogP contribution in [0.4, 0.5) is 0 Å². The predicted molar refractivity (Wildman–Crippen MR) is 73.0 cm³/mol. The second-order valence-electron chi connectivity index (χ2n) is 5.70. The highest BCUT2D eigenvalue weighted by molar-refractivity contribution is 6.22. The van der Waals surface area contributed by atoms with Crippen molar-refractivity contribution in [3.05, 3.63) is 42.0 Å². The molecule has 1 aromatic rings. The molecule has 0 spiro atoms. The normalized spacial score (nSPS) is 31.2. The largest absolute Gasteiger partial charge is 0.327 e. The lowest BCUT2D eigenvalue weighted by atomic mass is 9.87. The van der Waals surface area contributed by atoms with E-state index in [1.165, 1.54) is 6.42 Å². The Balaban J connectivity index is 2.03. The Hall–Kier alpha value is -1.57. The van der Waals surface area contributed by atoms with Gasteiger partial charge in [-0.25, -0.2) is 0 Å². The van der Waals surface area contributed by atoms with E-state index in [1.807, 2.05) is 30.3 Å². The van der Waals surface area contributed by atoms with E-state index >= 15 is 0 Å². The van der Waals surface area contributed by atoms with Gasteiger partial charge in [-0.15, -0.1) is 0 Å². The standard InChI is InChI=1S/C16H19NO/c1-12-7-6-10-16(2)11-14(15(18)17(12)16)13-8-4-3-5-9-13/h3-5,8-9,11-12H,6-7,10H2,1-2H3. The van der Waals surface area contributed by atoms with Crippen molar-refractivity contribution in [3.63, 3.8) is 0 Å². The lowest BCUT2D eigenvalue weighted by molar-refractivity contribution is -0.131. The fraction of sp³-hybridized carbons (Fsp3) is 0.438. The first-order valence-electron chi connectivity index (χ1n) is 6.74. The third kappa shape index (κ3) is 1.59. The monoisotopic (exact) mass is 241 g/mol. The lowest BCUT2D eigenvalue weighted by Gasteiger charge is -2.43. The van der Waals surface area contributed by atoms with Gasteiger partial charge in [-0.3, -0.25) is 4.79 Å². The van der Waals surface area contributed by atoms with E-state index in [0.717, 1.165) is 24.0 Å². The van der Waals surface area contributed by atoms with Crippen LogP contribution in [0.2, 0.25) is 0 Å². The Morgan fingerprint density at radius 2 is 2.00 bits per heavy atom. The van der Waals surface area contributed by atoms with E-state index < -0.39 is 0 Å². The second-order valence-corrected chi connectivity index (χ2v) is 5.70. The number of amides is 1. The van der Waals surface area contributed by atoms with Crippen LogP contribution in [0.3, 0.4) is 0 Å². The Morgan fingerprint density at radius 1 is 1.28 bits per heavy atom. The fourth-order valence-electron chi connectivity index (χ4n) is 3.41. The highest BCUT2D eigenvalue weighted by Crippen LogP contribution is 2.42. The summed E-state index contributed by atoms with van der Waals surface area (Å²) in [7, 11) is 0. The third-order valence-corrected chi connectivity index (χ3v) is 4.29. The van der Waals surface area contributed by atoms with E-state index in [1.54, 1.807) is 0 Å². The van der Waals surface area contributed by atoms with Crippen molar-refractivity contribution in [1.82, 2.24) is 4.90 Å². The maximum atomic E-state index is 12.6. The summed E-state index contributed by atoms with van der Waals surface area (Å²) in [5.74, 6) is 0.205. The molecule has 0 bridgehead atoms. The minimum absolute atomic E-state index is 0.0695. The van der Waals surface area contributed by atoms with E-state index in [-0.39, 0.29) is 11.4 Å². The average molecular weight is 241 g/mol. The average Bonchev–Trinajstić information content (AvgIpc) is 2.64. The van der Waals surface area contributed by atoms with Gasteiger partial charge in [-0.1, -0.05) is 30.3 Å². The van der Waals surface area contributed by atoms with Crippen molar-refractivity contribution in [2.45, 2.75) is 44.7 Å². The molecule has 0 N–H and O–H groups in total. The molecule has 2 heteroatoms. The van der Waals surface area contributed by atoms with Crippen LogP contribution in [0.25, 0.3) is 5.57 Å². The van der Waals surface area contributed by atoms with Crippen LogP contribution in [0.15, 0.2) is 36.4 Å². The molecule has 2 nitrogen and oxygen atoms in total. The van der Waals surface area contributed by atoms with Gasteiger partial charge in [-0.05, 0) is 44.7 Å². The molecular formula is C16H19NO. The van der Waals surface area contributed by atoms with Crippen LogP contribution < -0.4 is 0 Å². The van der Waals surface area contributed by atoms with Crippen molar-refractivity contribution in [3.8, 4) is 0 Å². The van der Waals surface area contributed by atoms with Crippen molar-refractivity contribution in [2.24, 2.45) is 0 Å². The Kier molecular flexibility index (Phi) is 2.54. The van der Waals surface area contributed by atoms with Crippen LogP contribution in [0.1, 0.15) is 38.7 Å². The first-order chi connectivity index (χ1) is 8.62. The summed E-state index contributed by atoms with van der Waals surface area (Å²) in [6, 6.07) is 10.4. The molecule has 3 rings (SSSR count). The molecule has 2 aliphatic heterocycles.